The molecule has 9 nitrogen and oxygen atoms in total. The maximum atomic E-state index is 12.4. The number of amides is 1. The molecule has 154 valence electrons. The Labute approximate surface area is 170 Å². The van der Waals surface area contributed by atoms with Crippen LogP contribution < -0.4 is 16.0 Å². The molecule has 4 rings (SSSR count). The van der Waals surface area contributed by atoms with E-state index in [9.17, 15) is 4.79 Å². The fourth-order valence-electron chi connectivity index (χ4n) is 3.62. The van der Waals surface area contributed by atoms with Crippen molar-refractivity contribution < 1.29 is 9.53 Å². The van der Waals surface area contributed by atoms with E-state index in [4.69, 9.17) is 4.74 Å². The Hall–Kier alpha value is -2.65. The Balaban J connectivity index is 1.40. The maximum Gasteiger partial charge on any atom is 0.231 e. The molecule has 2 aromatic heterocycles. The molecular weight excluding hydrogens is 370 g/mol. The van der Waals surface area contributed by atoms with Crippen LogP contribution in [0.5, 0.6) is 0 Å². The van der Waals surface area contributed by atoms with Crippen molar-refractivity contribution in [2.24, 2.45) is 11.8 Å². The topological polar surface area (TPSA) is 114 Å². The van der Waals surface area contributed by atoms with Gasteiger partial charge in [0, 0.05) is 32.5 Å². The summed E-state index contributed by atoms with van der Waals surface area (Å²) in [6, 6.07) is 1.77. The summed E-state index contributed by atoms with van der Waals surface area (Å²) in [7, 11) is 0. The zero-order chi connectivity index (χ0) is 19.9. The number of ether oxygens (including phenoxy) is 1. The van der Waals surface area contributed by atoms with E-state index in [-0.39, 0.29) is 11.8 Å². The van der Waals surface area contributed by atoms with E-state index in [0.29, 0.717) is 35.6 Å². The second-order valence-electron chi connectivity index (χ2n) is 7.52. The molecule has 0 spiro atoms. The number of anilines is 2. The Kier molecular flexibility index (Phi) is 6.58. The van der Waals surface area contributed by atoms with Crippen LogP contribution in [0, 0.1) is 11.8 Å². The molecule has 1 atom stereocenters. The molecule has 3 N–H and O–H groups in total. The molecule has 2 aliphatic heterocycles. The molecule has 2 aliphatic rings. The normalized spacial score (nSPS) is 20.2. The third kappa shape index (κ3) is 5.45. The number of piperidine rings is 1. The first-order valence-corrected chi connectivity index (χ1v) is 10.3. The monoisotopic (exact) mass is 397 g/mol. The molecule has 9 heteroatoms. The molecule has 0 bridgehead atoms. The molecule has 4 heterocycles. The Bertz CT molecular complexity index is 820. The number of carbonyl (C=O) groups is 1. The Morgan fingerprint density at radius 2 is 2.07 bits per heavy atom. The number of hydrogen-bond donors (Lipinski definition) is 3. The molecule has 2 fully saturated rings. The SMILES string of the molecule is O=C(Nc1nccc(-c2cncc(NCC3CCOCC3)n2)n1)C1CCCNC1. The number of nitrogens with one attached hydrogen (secondary N) is 3. The summed E-state index contributed by atoms with van der Waals surface area (Å²) < 4.78 is 5.40. The number of carbonyl (C=O) groups excluding carboxylic acids is 1. The fourth-order valence-corrected chi connectivity index (χ4v) is 3.62. The van der Waals surface area contributed by atoms with Gasteiger partial charge in [0.15, 0.2) is 0 Å². The van der Waals surface area contributed by atoms with E-state index in [0.717, 1.165) is 52.0 Å². The van der Waals surface area contributed by atoms with E-state index < -0.39 is 0 Å². The largest absolute Gasteiger partial charge is 0.381 e. The summed E-state index contributed by atoms with van der Waals surface area (Å²) in [6.45, 7) is 4.15. The summed E-state index contributed by atoms with van der Waals surface area (Å²) in [5.41, 5.74) is 1.26. The summed E-state index contributed by atoms with van der Waals surface area (Å²) in [4.78, 5) is 30.0. The second-order valence-corrected chi connectivity index (χ2v) is 7.52. The van der Waals surface area contributed by atoms with Gasteiger partial charge in [0.1, 0.15) is 11.5 Å². The van der Waals surface area contributed by atoms with E-state index in [1.54, 1.807) is 24.7 Å². The van der Waals surface area contributed by atoms with Crippen molar-refractivity contribution in [1.82, 2.24) is 25.3 Å². The molecule has 2 aromatic rings. The molecule has 1 unspecified atom stereocenters. The predicted molar refractivity (Wildman–Crippen MR) is 109 cm³/mol. The highest BCUT2D eigenvalue weighted by molar-refractivity contribution is 5.91. The van der Waals surface area contributed by atoms with Gasteiger partial charge < -0.3 is 15.4 Å². The summed E-state index contributed by atoms with van der Waals surface area (Å²) in [5.74, 6) is 1.50. The highest BCUT2D eigenvalue weighted by Gasteiger charge is 2.21. The average molecular weight is 397 g/mol. The molecular formula is C20H27N7O2. The third-order valence-electron chi connectivity index (χ3n) is 5.37. The first kappa shape index (κ1) is 19.7. The van der Waals surface area contributed by atoms with Crippen LogP contribution in [0.25, 0.3) is 11.4 Å². The smallest absolute Gasteiger partial charge is 0.231 e. The van der Waals surface area contributed by atoms with Gasteiger partial charge in [0.05, 0.1) is 24.0 Å². The van der Waals surface area contributed by atoms with Crippen molar-refractivity contribution in [2.75, 3.05) is 43.5 Å². The first-order valence-electron chi connectivity index (χ1n) is 10.3. The number of hydrogen-bond acceptors (Lipinski definition) is 8. The van der Waals surface area contributed by atoms with Gasteiger partial charge in [-0.2, -0.15) is 0 Å². The van der Waals surface area contributed by atoms with Crippen molar-refractivity contribution in [1.29, 1.82) is 0 Å². The van der Waals surface area contributed by atoms with Crippen LogP contribution in [-0.2, 0) is 9.53 Å². The summed E-state index contributed by atoms with van der Waals surface area (Å²) in [5, 5.41) is 9.44. The quantitative estimate of drug-likeness (QED) is 0.675. The number of rotatable bonds is 6. The number of aromatic nitrogens is 4. The lowest BCUT2D eigenvalue weighted by Gasteiger charge is -2.22. The maximum absolute atomic E-state index is 12.4. The van der Waals surface area contributed by atoms with Crippen LogP contribution in [0.1, 0.15) is 25.7 Å². The zero-order valence-corrected chi connectivity index (χ0v) is 16.4. The van der Waals surface area contributed by atoms with Crippen LogP contribution in [0.3, 0.4) is 0 Å². The van der Waals surface area contributed by atoms with Crippen LogP contribution in [0.4, 0.5) is 11.8 Å². The van der Waals surface area contributed by atoms with Crippen LogP contribution in [0.2, 0.25) is 0 Å². The standard InChI is InChI=1S/C20H27N7O2/c28-19(15-2-1-6-21-11-15)27-20-23-7-3-16(26-20)17-12-22-13-18(25-17)24-10-14-4-8-29-9-5-14/h3,7,12-15,21H,1-2,4-6,8-11H2,(H,24,25)(H,23,26,27,28). The van der Waals surface area contributed by atoms with Gasteiger partial charge in [-0.1, -0.05) is 0 Å². The predicted octanol–water partition coefficient (Wildman–Crippen LogP) is 1.71. The van der Waals surface area contributed by atoms with Crippen molar-refractivity contribution in [2.45, 2.75) is 25.7 Å². The van der Waals surface area contributed by atoms with Crippen molar-refractivity contribution in [3.05, 3.63) is 24.7 Å². The van der Waals surface area contributed by atoms with Crippen LogP contribution >= 0.6 is 0 Å². The lowest BCUT2D eigenvalue weighted by atomic mass is 9.99. The van der Waals surface area contributed by atoms with Gasteiger partial charge in [-0.3, -0.25) is 15.1 Å². The highest BCUT2D eigenvalue weighted by Crippen LogP contribution is 2.19. The minimum atomic E-state index is -0.0488. The molecule has 29 heavy (non-hydrogen) atoms. The second kappa shape index (κ2) is 9.71. The molecule has 0 aromatic carbocycles. The van der Waals surface area contributed by atoms with Gasteiger partial charge in [0.25, 0.3) is 0 Å². The van der Waals surface area contributed by atoms with Gasteiger partial charge in [-0.15, -0.1) is 0 Å². The van der Waals surface area contributed by atoms with Crippen molar-refractivity contribution in [3.8, 4) is 11.4 Å². The summed E-state index contributed by atoms with van der Waals surface area (Å²) in [6.07, 6.45) is 9.01. The fraction of sp³-hybridized carbons (Fsp3) is 0.550. The molecule has 2 saturated heterocycles. The molecule has 0 aliphatic carbocycles. The van der Waals surface area contributed by atoms with E-state index in [1.807, 2.05) is 0 Å². The average Bonchev–Trinajstić information content (AvgIpc) is 2.79. The van der Waals surface area contributed by atoms with Crippen molar-refractivity contribution >= 4 is 17.7 Å². The first-order chi connectivity index (χ1) is 14.3. The molecule has 1 amide bonds. The van der Waals surface area contributed by atoms with Gasteiger partial charge in [0.2, 0.25) is 11.9 Å². The lowest BCUT2D eigenvalue weighted by Crippen LogP contribution is -2.37. The van der Waals surface area contributed by atoms with E-state index in [2.05, 4.69) is 35.9 Å². The molecule has 0 radical (unpaired) electrons. The zero-order valence-electron chi connectivity index (χ0n) is 16.4. The van der Waals surface area contributed by atoms with Gasteiger partial charge in [-0.05, 0) is 44.2 Å². The molecule has 0 saturated carbocycles. The highest BCUT2D eigenvalue weighted by atomic mass is 16.5. The Morgan fingerprint density at radius 3 is 2.90 bits per heavy atom. The summed E-state index contributed by atoms with van der Waals surface area (Å²) >= 11 is 0. The van der Waals surface area contributed by atoms with Crippen LogP contribution in [0.15, 0.2) is 24.7 Å². The van der Waals surface area contributed by atoms with E-state index >= 15 is 0 Å². The Morgan fingerprint density at radius 1 is 1.17 bits per heavy atom. The van der Waals surface area contributed by atoms with Crippen LogP contribution in [-0.4, -0.2) is 58.7 Å². The van der Waals surface area contributed by atoms with E-state index in [1.165, 1.54) is 0 Å². The third-order valence-corrected chi connectivity index (χ3v) is 5.37. The van der Waals surface area contributed by atoms with Gasteiger partial charge >= 0.3 is 0 Å². The number of nitrogens with zero attached hydrogens (tertiary/aromatic N) is 4. The minimum Gasteiger partial charge on any atom is -0.381 e. The minimum absolute atomic E-state index is 0.0477. The lowest BCUT2D eigenvalue weighted by molar-refractivity contribution is -0.120. The van der Waals surface area contributed by atoms with Gasteiger partial charge in [-0.25, -0.2) is 15.0 Å². The van der Waals surface area contributed by atoms with Crippen molar-refractivity contribution in [3.63, 3.8) is 0 Å².